The van der Waals surface area contributed by atoms with Crippen molar-refractivity contribution in [3.05, 3.63) is 71.2 Å². The smallest absolute Gasteiger partial charge is 0.304 e. The van der Waals surface area contributed by atoms with Crippen LogP contribution in [0.1, 0.15) is 55.8 Å². The summed E-state index contributed by atoms with van der Waals surface area (Å²) in [5.74, 6) is 4.79. The molecule has 2 heterocycles. The van der Waals surface area contributed by atoms with E-state index in [1.54, 1.807) is 24.3 Å². The third kappa shape index (κ3) is 6.07. The standard InChI is InChI=1S/C26H28N8O2/c1-3-26(4-2,13-24(35)36)23-10-6-9-19(31-23)15-30-16-22(34-29)21-12-20(32-25(28)33-21)18-8-5-7-17(11-18)14-27/h5-12,16H,3-4,13,15,29H2,1-2H3,(H,35,36)(H2,28,32,33). The Morgan fingerprint density at radius 1 is 1.14 bits per heavy atom. The van der Waals surface area contributed by atoms with Gasteiger partial charge in [-0.25, -0.2) is 9.97 Å². The number of hydrogen-bond acceptors (Lipinski definition) is 9. The number of aromatic nitrogens is 3. The number of nitriles is 1. The fraction of sp³-hybridized carbons (Fsp3) is 0.269. The normalized spacial score (nSPS) is 12.0. The summed E-state index contributed by atoms with van der Waals surface area (Å²) in [5.41, 5.74) is 9.20. The lowest BCUT2D eigenvalue weighted by atomic mass is 9.76. The Bertz CT molecular complexity index is 1340. The van der Waals surface area contributed by atoms with Gasteiger partial charge in [0.1, 0.15) is 5.71 Å². The predicted octanol–water partition coefficient (Wildman–Crippen LogP) is 3.46. The SMILES string of the molecule is CCC(CC)(CC(=O)O)c1cccc(CN=CC(=NN)c2cc(-c3cccc(C#N)c3)nc(N)n2)n1. The molecule has 0 unspecified atom stereocenters. The Morgan fingerprint density at radius 3 is 2.56 bits per heavy atom. The fourth-order valence-corrected chi connectivity index (χ4v) is 3.99. The molecule has 10 heteroatoms. The number of aliphatic imine (C=N–C) groups is 1. The van der Waals surface area contributed by atoms with Crippen LogP contribution in [0.15, 0.2) is 58.6 Å². The molecule has 0 fully saturated rings. The maximum Gasteiger partial charge on any atom is 0.304 e. The van der Waals surface area contributed by atoms with Crippen molar-refractivity contribution in [1.82, 2.24) is 15.0 Å². The number of pyridine rings is 1. The van der Waals surface area contributed by atoms with E-state index in [-0.39, 0.29) is 18.9 Å². The molecule has 0 aliphatic carbocycles. The molecule has 0 bridgehead atoms. The minimum atomic E-state index is -0.851. The second-order valence-corrected chi connectivity index (χ2v) is 8.25. The molecule has 184 valence electrons. The van der Waals surface area contributed by atoms with Crippen LogP contribution in [0, 0.1) is 11.3 Å². The first-order valence-electron chi connectivity index (χ1n) is 11.5. The molecule has 0 aliphatic rings. The summed E-state index contributed by atoms with van der Waals surface area (Å²) in [4.78, 5) is 29.1. The van der Waals surface area contributed by atoms with Crippen LogP contribution in [0.2, 0.25) is 0 Å². The number of carboxylic acids is 1. The van der Waals surface area contributed by atoms with E-state index in [1.165, 1.54) is 6.21 Å². The predicted molar refractivity (Wildman–Crippen MR) is 138 cm³/mol. The average Bonchev–Trinajstić information content (AvgIpc) is 2.89. The van der Waals surface area contributed by atoms with Crippen molar-refractivity contribution in [2.75, 3.05) is 5.73 Å². The minimum absolute atomic E-state index is 0.0123. The van der Waals surface area contributed by atoms with Crippen LogP contribution < -0.4 is 11.6 Å². The molecule has 3 rings (SSSR count). The number of carboxylic acid groups (broad SMARTS) is 1. The van der Waals surface area contributed by atoms with Gasteiger partial charge in [0.15, 0.2) is 0 Å². The zero-order valence-corrected chi connectivity index (χ0v) is 20.2. The number of hydrogen-bond donors (Lipinski definition) is 3. The summed E-state index contributed by atoms with van der Waals surface area (Å²) in [6, 6.07) is 16.3. The van der Waals surface area contributed by atoms with E-state index in [1.807, 2.05) is 38.1 Å². The van der Waals surface area contributed by atoms with Crippen molar-refractivity contribution in [2.24, 2.45) is 15.9 Å². The second-order valence-electron chi connectivity index (χ2n) is 8.25. The highest BCUT2D eigenvalue weighted by molar-refractivity contribution is 6.37. The van der Waals surface area contributed by atoms with Crippen molar-refractivity contribution < 1.29 is 9.90 Å². The first-order chi connectivity index (χ1) is 17.3. The van der Waals surface area contributed by atoms with Gasteiger partial charge in [-0.3, -0.25) is 14.8 Å². The molecule has 2 aromatic heterocycles. The molecule has 3 aromatic rings. The molecule has 5 N–H and O–H groups in total. The van der Waals surface area contributed by atoms with E-state index in [9.17, 15) is 15.2 Å². The van der Waals surface area contributed by atoms with E-state index in [4.69, 9.17) is 16.6 Å². The molecule has 0 spiro atoms. The van der Waals surface area contributed by atoms with Crippen molar-refractivity contribution in [2.45, 2.75) is 45.1 Å². The lowest BCUT2D eigenvalue weighted by Crippen LogP contribution is -2.29. The number of benzene rings is 1. The number of hydrazone groups is 1. The molecular formula is C26H28N8O2. The number of nitrogen functional groups attached to an aromatic ring is 1. The largest absolute Gasteiger partial charge is 0.481 e. The molecule has 1 aromatic carbocycles. The minimum Gasteiger partial charge on any atom is -0.481 e. The summed E-state index contributed by atoms with van der Waals surface area (Å²) in [7, 11) is 0. The Balaban J connectivity index is 1.84. The van der Waals surface area contributed by atoms with Crippen LogP contribution in [0.3, 0.4) is 0 Å². The molecule has 0 radical (unpaired) electrons. The highest BCUT2D eigenvalue weighted by Gasteiger charge is 2.32. The molecule has 0 amide bonds. The Labute approximate surface area is 209 Å². The Hall–Kier alpha value is -4.65. The first kappa shape index (κ1) is 26.0. The molecule has 0 saturated heterocycles. The molecule has 0 saturated carbocycles. The zero-order valence-electron chi connectivity index (χ0n) is 20.2. The van der Waals surface area contributed by atoms with E-state index < -0.39 is 11.4 Å². The van der Waals surface area contributed by atoms with E-state index >= 15 is 0 Å². The summed E-state index contributed by atoms with van der Waals surface area (Å²) in [6.45, 7) is 4.18. The number of anilines is 1. The number of nitrogens with two attached hydrogens (primary N) is 2. The lowest BCUT2D eigenvalue weighted by molar-refractivity contribution is -0.138. The topological polar surface area (TPSA) is 177 Å². The second kappa shape index (κ2) is 11.7. The summed E-state index contributed by atoms with van der Waals surface area (Å²) >= 11 is 0. The number of rotatable bonds is 10. The molecule has 0 aliphatic heterocycles. The van der Waals surface area contributed by atoms with Gasteiger partial charge in [0, 0.05) is 16.7 Å². The van der Waals surface area contributed by atoms with Gasteiger partial charge in [0.2, 0.25) is 5.95 Å². The quantitative estimate of drug-likeness (QED) is 0.222. The van der Waals surface area contributed by atoms with Crippen LogP contribution in [0.25, 0.3) is 11.3 Å². The van der Waals surface area contributed by atoms with E-state index in [2.05, 4.69) is 26.1 Å². The first-order valence-corrected chi connectivity index (χ1v) is 11.5. The van der Waals surface area contributed by atoms with Crippen molar-refractivity contribution in [1.29, 1.82) is 5.26 Å². The van der Waals surface area contributed by atoms with E-state index in [0.717, 1.165) is 5.69 Å². The maximum absolute atomic E-state index is 11.5. The van der Waals surface area contributed by atoms with Gasteiger partial charge in [-0.05, 0) is 43.2 Å². The van der Waals surface area contributed by atoms with Gasteiger partial charge in [-0.2, -0.15) is 10.4 Å². The van der Waals surface area contributed by atoms with Gasteiger partial charge < -0.3 is 16.7 Å². The van der Waals surface area contributed by atoms with Crippen LogP contribution in [-0.4, -0.2) is 38.0 Å². The van der Waals surface area contributed by atoms with Gasteiger partial charge in [0.05, 0.1) is 47.9 Å². The van der Waals surface area contributed by atoms with Crippen LogP contribution in [0.5, 0.6) is 0 Å². The Morgan fingerprint density at radius 2 is 1.89 bits per heavy atom. The molecule has 36 heavy (non-hydrogen) atoms. The number of nitrogens with zero attached hydrogens (tertiary/aromatic N) is 6. The summed E-state index contributed by atoms with van der Waals surface area (Å²) in [6.07, 6.45) is 2.82. The highest BCUT2D eigenvalue weighted by Crippen LogP contribution is 2.34. The van der Waals surface area contributed by atoms with Gasteiger partial charge in [-0.15, -0.1) is 0 Å². The van der Waals surface area contributed by atoms with Gasteiger partial charge in [0.25, 0.3) is 0 Å². The van der Waals surface area contributed by atoms with Crippen LogP contribution in [0.4, 0.5) is 5.95 Å². The van der Waals surface area contributed by atoms with Gasteiger partial charge >= 0.3 is 5.97 Å². The highest BCUT2D eigenvalue weighted by atomic mass is 16.4. The zero-order chi connectivity index (χ0) is 26.1. The number of carbonyl (C=O) groups is 1. The third-order valence-corrected chi connectivity index (χ3v) is 6.09. The fourth-order valence-electron chi connectivity index (χ4n) is 3.99. The van der Waals surface area contributed by atoms with Crippen LogP contribution >= 0.6 is 0 Å². The van der Waals surface area contributed by atoms with Crippen LogP contribution in [-0.2, 0) is 16.8 Å². The molecular weight excluding hydrogens is 456 g/mol. The molecule has 0 atom stereocenters. The monoisotopic (exact) mass is 484 g/mol. The van der Waals surface area contributed by atoms with E-state index in [0.29, 0.717) is 46.8 Å². The average molecular weight is 485 g/mol. The van der Waals surface area contributed by atoms with Gasteiger partial charge in [-0.1, -0.05) is 32.0 Å². The summed E-state index contributed by atoms with van der Waals surface area (Å²) < 4.78 is 0. The maximum atomic E-state index is 11.5. The third-order valence-electron chi connectivity index (χ3n) is 6.09. The Kier molecular flexibility index (Phi) is 8.41. The lowest BCUT2D eigenvalue weighted by Gasteiger charge is -2.29. The summed E-state index contributed by atoms with van der Waals surface area (Å²) in [5, 5.41) is 22.4. The van der Waals surface area contributed by atoms with Crippen molar-refractivity contribution >= 4 is 23.8 Å². The van der Waals surface area contributed by atoms with Crippen molar-refractivity contribution in [3.8, 4) is 17.3 Å². The molecule has 10 nitrogen and oxygen atoms in total. The number of aliphatic carboxylic acids is 1. The van der Waals surface area contributed by atoms with Crippen molar-refractivity contribution in [3.63, 3.8) is 0 Å².